The van der Waals surface area contributed by atoms with Crippen molar-refractivity contribution in [3.63, 3.8) is 0 Å². The quantitative estimate of drug-likeness (QED) is 0.805. The van der Waals surface area contributed by atoms with E-state index < -0.39 is 0 Å². The van der Waals surface area contributed by atoms with E-state index >= 15 is 0 Å². The molecule has 0 spiro atoms. The second-order valence-corrected chi connectivity index (χ2v) is 6.53. The average molecular weight is 383 g/mol. The molecule has 2 saturated heterocycles. The topological polar surface area (TPSA) is 59.1 Å². The summed E-state index contributed by atoms with van der Waals surface area (Å²) in [6.45, 7) is 2.43. The standard InChI is InChI=1S/C16H19BrN2O4/c1-22-14-3-2-11(10-13(14)17)15(20)18-6-4-12(5-7-18)19-8-9-23-16(19)21/h2-3,10,12H,4-9H2,1H3. The molecule has 6 nitrogen and oxygen atoms in total. The van der Waals surface area contributed by atoms with E-state index in [1.54, 1.807) is 30.2 Å². The molecule has 124 valence electrons. The summed E-state index contributed by atoms with van der Waals surface area (Å²) in [5.74, 6) is 0.712. The van der Waals surface area contributed by atoms with Gasteiger partial charge in [-0.25, -0.2) is 4.79 Å². The van der Waals surface area contributed by atoms with Crippen molar-refractivity contribution in [3.8, 4) is 5.75 Å². The lowest BCUT2D eigenvalue weighted by atomic mass is 10.0. The fourth-order valence-corrected chi connectivity index (χ4v) is 3.64. The molecule has 0 aliphatic carbocycles. The second kappa shape index (κ2) is 6.78. The number of cyclic esters (lactones) is 1. The van der Waals surface area contributed by atoms with E-state index in [9.17, 15) is 9.59 Å². The van der Waals surface area contributed by atoms with Gasteiger partial charge in [0.05, 0.1) is 18.1 Å². The first-order chi connectivity index (χ1) is 11.1. The molecule has 1 aromatic carbocycles. The van der Waals surface area contributed by atoms with E-state index in [2.05, 4.69) is 15.9 Å². The molecular formula is C16H19BrN2O4. The maximum Gasteiger partial charge on any atom is 0.410 e. The Balaban J connectivity index is 1.62. The number of likely N-dealkylation sites (tertiary alicyclic amines) is 1. The van der Waals surface area contributed by atoms with E-state index in [-0.39, 0.29) is 18.0 Å². The van der Waals surface area contributed by atoms with Crippen molar-refractivity contribution in [2.45, 2.75) is 18.9 Å². The van der Waals surface area contributed by atoms with Crippen LogP contribution in [0, 0.1) is 0 Å². The predicted molar refractivity (Wildman–Crippen MR) is 87.7 cm³/mol. The maximum absolute atomic E-state index is 12.6. The zero-order chi connectivity index (χ0) is 16.4. The van der Waals surface area contributed by atoms with Crippen LogP contribution in [0.5, 0.6) is 5.75 Å². The molecule has 0 atom stereocenters. The van der Waals surface area contributed by atoms with Crippen molar-refractivity contribution in [3.05, 3.63) is 28.2 Å². The zero-order valence-corrected chi connectivity index (χ0v) is 14.5. The van der Waals surface area contributed by atoms with Gasteiger partial charge in [-0.05, 0) is 47.0 Å². The molecule has 0 aromatic heterocycles. The van der Waals surface area contributed by atoms with E-state index in [0.29, 0.717) is 37.6 Å². The summed E-state index contributed by atoms with van der Waals surface area (Å²) in [6, 6.07) is 5.52. The lowest BCUT2D eigenvalue weighted by Gasteiger charge is -2.35. The van der Waals surface area contributed by atoms with Crippen molar-refractivity contribution < 1.29 is 19.1 Å². The number of benzene rings is 1. The molecule has 0 unspecified atom stereocenters. The van der Waals surface area contributed by atoms with Crippen molar-refractivity contribution >= 4 is 27.9 Å². The van der Waals surface area contributed by atoms with Crippen molar-refractivity contribution in [1.82, 2.24) is 9.80 Å². The summed E-state index contributed by atoms with van der Waals surface area (Å²) >= 11 is 3.41. The highest BCUT2D eigenvalue weighted by molar-refractivity contribution is 9.10. The van der Waals surface area contributed by atoms with E-state index in [1.165, 1.54) is 0 Å². The average Bonchev–Trinajstić information content (AvgIpc) is 3.00. The summed E-state index contributed by atoms with van der Waals surface area (Å²) in [7, 11) is 1.59. The number of ether oxygens (including phenoxy) is 2. The minimum absolute atomic E-state index is 0.0100. The highest BCUT2D eigenvalue weighted by Crippen LogP contribution is 2.27. The van der Waals surface area contributed by atoms with Gasteiger partial charge in [0.25, 0.3) is 5.91 Å². The Morgan fingerprint density at radius 2 is 2.04 bits per heavy atom. The molecule has 0 bridgehead atoms. The monoisotopic (exact) mass is 382 g/mol. The number of hydrogen-bond donors (Lipinski definition) is 0. The summed E-state index contributed by atoms with van der Waals surface area (Å²) in [5.41, 5.74) is 0.636. The first kappa shape index (κ1) is 16.1. The number of amides is 2. The summed E-state index contributed by atoms with van der Waals surface area (Å²) < 4.78 is 10.9. The number of methoxy groups -OCH3 is 1. The number of hydrogen-bond acceptors (Lipinski definition) is 4. The molecule has 0 saturated carbocycles. The third-order valence-electron chi connectivity index (χ3n) is 4.38. The van der Waals surface area contributed by atoms with Crippen LogP contribution in [-0.2, 0) is 4.74 Å². The first-order valence-electron chi connectivity index (χ1n) is 7.66. The number of carbonyl (C=O) groups is 2. The minimum atomic E-state index is -0.228. The number of nitrogens with zero attached hydrogens (tertiary/aromatic N) is 2. The fourth-order valence-electron chi connectivity index (χ4n) is 3.10. The normalized spacial score (nSPS) is 19.0. The highest BCUT2D eigenvalue weighted by atomic mass is 79.9. The van der Waals surface area contributed by atoms with Gasteiger partial charge < -0.3 is 19.3 Å². The first-order valence-corrected chi connectivity index (χ1v) is 8.45. The highest BCUT2D eigenvalue weighted by Gasteiger charge is 2.33. The summed E-state index contributed by atoms with van der Waals surface area (Å²) in [4.78, 5) is 27.8. The lowest BCUT2D eigenvalue weighted by molar-refractivity contribution is 0.0658. The number of rotatable bonds is 3. The van der Waals surface area contributed by atoms with E-state index in [0.717, 1.165) is 17.3 Å². The largest absolute Gasteiger partial charge is 0.496 e. The van der Waals surface area contributed by atoms with Crippen LogP contribution in [0.2, 0.25) is 0 Å². The van der Waals surface area contributed by atoms with Gasteiger partial charge in [-0.3, -0.25) is 4.79 Å². The number of piperidine rings is 1. The van der Waals surface area contributed by atoms with Crippen molar-refractivity contribution in [1.29, 1.82) is 0 Å². The van der Waals surface area contributed by atoms with Crippen molar-refractivity contribution in [2.75, 3.05) is 33.4 Å². The molecule has 3 rings (SSSR count). The minimum Gasteiger partial charge on any atom is -0.496 e. The SMILES string of the molecule is COc1ccc(C(=O)N2CCC(N3CCOC3=O)CC2)cc1Br. The number of halogens is 1. The Morgan fingerprint density at radius 3 is 2.61 bits per heavy atom. The van der Waals surface area contributed by atoms with Crippen LogP contribution in [-0.4, -0.2) is 61.2 Å². The van der Waals surface area contributed by atoms with E-state index in [1.807, 2.05) is 4.90 Å². The van der Waals surface area contributed by atoms with Gasteiger partial charge in [-0.2, -0.15) is 0 Å². The van der Waals surface area contributed by atoms with Gasteiger partial charge in [0.1, 0.15) is 12.4 Å². The molecule has 2 aliphatic rings. The fraction of sp³-hybridized carbons (Fsp3) is 0.500. The Hall–Kier alpha value is -1.76. The maximum atomic E-state index is 12.6. The third-order valence-corrected chi connectivity index (χ3v) is 5.00. The number of carbonyl (C=O) groups excluding carboxylic acids is 2. The third kappa shape index (κ3) is 3.29. The zero-order valence-electron chi connectivity index (χ0n) is 13.0. The van der Waals surface area contributed by atoms with Crippen LogP contribution in [0.25, 0.3) is 0 Å². The van der Waals surface area contributed by atoms with Gasteiger partial charge >= 0.3 is 6.09 Å². The van der Waals surface area contributed by atoms with Gasteiger partial charge in [0.15, 0.2) is 0 Å². The van der Waals surface area contributed by atoms with Crippen molar-refractivity contribution in [2.24, 2.45) is 0 Å². The lowest BCUT2D eigenvalue weighted by Crippen LogP contribution is -2.47. The molecule has 23 heavy (non-hydrogen) atoms. The Bertz CT molecular complexity index is 614. The molecule has 1 aromatic rings. The van der Waals surface area contributed by atoms with Gasteiger partial charge in [-0.15, -0.1) is 0 Å². The van der Waals surface area contributed by atoms with Crippen LogP contribution in [0.15, 0.2) is 22.7 Å². The van der Waals surface area contributed by atoms with Gasteiger partial charge in [-0.1, -0.05) is 0 Å². The Morgan fingerprint density at radius 1 is 1.30 bits per heavy atom. The van der Waals surface area contributed by atoms with Crippen LogP contribution in [0.4, 0.5) is 4.79 Å². The van der Waals surface area contributed by atoms with Crippen LogP contribution in [0.1, 0.15) is 23.2 Å². The Labute approximate surface area is 143 Å². The van der Waals surface area contributed by atoms with Crippen LogP contribution in [0.3, 0.4) is 0 Å². The molecule has 2 aliphatic heterocycles. The molecule has 2 fully saturated rings. The predicted octanol–water partition coefficient (Wildman–Crippen LogP) is 2.51. The van der Waals surface area contributed by atoms with Gasteiger partial charge in [0.2, 0.25) is 0 Å². The Kier molecular flexibility index (Phi) is 4.75. The summed E-state index contributed by atoms with van der Waals surface area (Å²) in [6.07, 6.45) is 1.35. The molecule has 7 heteroatoms. The molecule has 0 N–H and O–H groups in total. The van der Waals surface area contributed by atoms with Crippen LogP contribution < -0.4 is 4.74 Å². The molecule has 2 amide bonds. The van der Waals surface area contributed by atoms with E-state index in [4.69, 9.17) is 9.47 Å². The molecule has 0 radical (unpaired) electrons. The second-order valence-electron chi connectivity index (χ2n) is 5.68. The molecular weight excluding hydrogens is 364 g/mol. The van der Waals surface area contributed by atoms with Gasteiger partial charge in [0, 0.05) is 24.7 Å². The van der Waals surface area contributed by atoms with Crippen LogP contribution >= 0.6 is 15.9 Å². The summed E-state index contributed by atoms with van der Waals surface area (Å²) in [5, 5.41) is 0. The smallest absolute Gasteiger partial charge is 0.410 e. The molecule has 2 heterocycles.